The third-order valence-electron chi connectivity index (χ3n) is 2.85. The number of ketones is 1. The average Bonchev–Trinajstić information content (AvgIpc) is 2.33. The molecule has 18 heavy (non-hydrogen) atoms. The molecule has 0 radical (unpaired) electrons. The summed E-state index contributed by atoms with van der Waals surface area (Å²) in [5.74, 6) is -1.18. The Morgan fingerprint density at radius 2 is 1.94 bits per heavy atom. The number of carbonyl (C=O) groups is 3. The van der Waals surface area contributed by atoms with Crippen molar-refractivity contribution in [3.8, 4) is 0 Å². The van der Waals surface area contributed by atoms with E-state index in [-0.39, 0.29) is 17.4 Å². The lowest BCUT2D eigenvalue weighted by Gasteiger charge is -2.20. The zero-order chi connectivity index (χ0) is 13.5. The zero-order valence-electron chi connectivity index (χ0n) is 10.6. The van der Waals surface area contributed by atoms with Gasteiger partial charge in [-0.15, -0.1) is 0 Å². The summed E-state index contributed by atoms with van der Waals surface area (Å²) in [5.41, 5.74) is 0. The van der Waals surface area contributed by atoms with Gasteiger partial charge in [0.25, 0.3) is 0 Å². The van der Waals surface area contributed by atoms with Crippen molar-refractivity contribution >= 4 is 29.2 Å². The monoisotopic (exact) mass is 271 g/mol. The van der Waals surface area contributed by atoms with E-state index < -0.39 is 11.7 Å². The zero-order valence-corrected chi connectivity index (χ0v) is 11.3. The molecule has 100 valence electrons. The first-order valence-corrected chi connectivity index (χ1v) is 6.69. The molecular weight excluding hydrogens is 254 g/mol. The quantitative estimate of drug-likeness (QED) is 0.551. The van der Waals surface area contributed by atoms with Crippen molar-refractivity contribution in [2.75, 3.05) is 0 Å². The molecule has 0 spiro atoms. The molecule has 0 aromatic heterocycles. The summed E-state index contributed by atoms with van der Waals surface area (Å²) >= 11 is 5.64. The first-order chi connectivity index (χ1) is 8.56. The minimum atomic E-state index is -0.483. The van der Waals surface area contributed by atoms with Gasteiger partial charge in [-0.1, -0.05) is 44.2 Å². The number of allylic oxidation sites excluding steroid dienone is 1. The number of carbonyl (C=O) groups excluding carboxylic acids is 3. The molecule has 0 unspecified atom stereocenters. The molecule has 0 saturated heterocycles. The van der Waals surface area contributed by atoms with Crippen molar-refractivity contribution in [2.45, 2.75) is 51.9 Å². The Balaban J connectivity index is 2.42. The molecule has 0 aromatic rings. The number of unbranched alkanes of at least 4 members (excludes halogenated alkanes) is 4. The lowest BCUT2D eigenvalue weighted by atomic mass is 10.1. The minimum absolute atomic E-state index is 0.0473. The first-order valence-electron chi connectivity index (χ1n) is 6.31. The number of rotatable bonds is 6. The van der Waals surface area contributed by atoms with Crippen molar-refractivity contribution in [2.24, 2.45) is 0 Å². The van der Waals surface area contributed by atoms with Gasteiger partial charge in [-0.05, 0) is 6.42 Å². The number of hydrogen-bond acceptors (Lipinski definition) is 3. The van der Waals surface area contributed by atoms with Gasteiger partial charge in [-0.3, -0.25) is 19.3 Å². The Morgan fingerprint density at radius 3 is 2.61 bits per heavy atom. The van der Waals surface area contributed by atoms with Crippen molar-refractivity contribution in [3.05, 3.63) is 11.2 Å². The molecule has 0 bridgehead atoms. The Kier molecular flexibility index (Phi) is 6.05. The molecule has 1 heterocycles. The summed E-state index contributed by atoms with van der Waals surface area (Å²) in [6.07, 6.45) is 6.33. The molecule has 2 amide bonds. The smallest absolute Gasteiger partial charge is 0.241 e. The summed E-state index contributed by atoms with van der Waals surface area (Å²) in [7, 11) is 0. The Labute approximate surface area is 112 Å². The summed E-state index contributed by atoms with van der Waals surface area (Å²) < 4.78 is 0. The predicted molar refractivity (Wildman–Crippen MR) is 68.8 cm³/mol. The van der Waals surface area contributed by atoms with E-state index in [1.54, 1.807) is 0 Å². The topological polar surface area (TPSA) is 54.5 Å². The number of hydrogen-bond donors (Lipinski definition) is 0. The lowest BCUT2D eigenvalue weighted by Crippen LogP contribution is -2.37. The van der Waals surface area contributed by atoms with Crippen molar-refractivity contribution in [1.82, 2.24) is 4.90 Å². The lowest BCUT2D eigenvalue weighted by molar-refractivity contribution is -0.143. The number of Topliss-reactive ketones (excluding diaryl/α,β-unsaturated/α-hetero) is 1. The molecule has 1 aliphatic heterocycles. The highest BCUT2D eigenvalue weighted by molar-refractivity contribution is 6.44. The first kappa shape index (κ1) is 14.9. The van der Waals surface area contributed by atoms with Crippen LogP contribution in [0.3, 0.4) is 0 Å². The van der Waals surface area contributed by atoms with Gasteiger partial charge in [0.05, 0.1) is 6.42 Å². The van der Waals surface area contributed by atoms with Gasteiger partial charge in [0.2, 0.25) is 11.8 Å². The van der Waals surface area contributed by atoms with Crippen LogP contribution >= 0.6 is 11.6 Å². The Bertz CT molecular complexity index is 376. The number of amides is 2. The van der Waals surface area contributed by atoms with Crippen molar-refractivity contribution in [1.29, 1.82) is 0 Å². The van der Waals surface area contributed by atoms with Crippen LogP contribution in [0.15, 0.2) is 11.2 Å². The molecule has 1 aliphatic rings. The summed E-state index contributed by atoms with van der Waals surface area (Å²) in [6, 6.07) is 0. The van der Waals surface area contributed by atoms with Gasteiger partial charge in [-0.2, -0.15) is 0 Å². The third kappa shape index (κ3) is 4.26. The molecule has 1 rings (SSSR count). The van der Waals surface area contributed by atoms with Gasteiger partial charge in [0, 0.05) is 12.6 Å². The van der Waals surface area contributed by atoms with Crippen LogP contribution < -0.4 is 0 Å². The summed E-state index contributed by atoms with van der Waals surface area (Å²) in [6.45, 7) is 2.13. The summed E-state index contributed by atoms with van der Waals surface area (Å²) in [5, 5.41) is -0.0473. The highest BCUT2D eigenvalue weighted by Gasteiger charge is 2.28. The average molecular weight is 272 g/mol. The van der Waals surface area contributed by atoms with E-state index >= 15 is 0 Å². The van der Waals surface area contributed by atoms with Gasteiger partial charge in [-0.25, -0.2) is 0 Å². The maximum atomic E-state index is 11.8. The molecule has 0 N–H and O–H groups in total. The highest BCUT2D eigenvalue weighted by Crippen LogP contribution is 2.17. The highest BCUT2D eigenvalue weighted by atomic mass is 35.5. The number of nitrogens with zero attached hydrogens (tertiary/aromatic N) is 1. The maximum Gasteiger partial charge on any atom is 0.241 e. The predicted octanol–water partition coefficient (Wildman–Crippen LogP) is 2.76. The molecular formula is C13H18ClNO3. The van der Waals surface area contributed by atoms with E-state index in [9.17, 15) is 14.4 Å². The van der Waals surface area contributed by atoms with Crippen LogP contribution in [0.1, 0.15) is 51.9 Å². The van der Waals surface area contributed by atoms with Crippen LogP contribution in [0.5, 0.6) is 0 Å². The van der Waals surface area contributed by atoms with Crippen LogP contribution in [-0.2, 0) is 14.4 Å². The standard InChI is InChI=1S/C13H18ClNO3/c1-2-3-4-5-6-7-12(17)15-9-10(14)11(16)8-13(15)18/h9H,2-8H2,1H3. The molecule has 5 heteroatoms. The molecule has 0 aliphatic carbocycles. The second-order valence-electron chi connectivity index (χ2n) is 4.40. The fourth-order valence-corrected chi connectivity index (χ4v) is 1.94. The normalized spacial score (nSPS) is 15.9. The van der Waals surface area contributed by atoms with Crippen LogP contribution in [0.4, 0.5) is 0 Å². The molecule has 0 fully saturated rings. The Morgan fingerprint density at radius 1 is 1.28 bits per heavy atom. The van der Waals surface area contributed by atoms with Gasteiger partial charge >= 0.3 is 0 Å². The van der Waals surface area contributed by atoms with E-state index in [0.29, 0.717) is 6.42 Å². The fourth-order valence-electron chi connectivity index (χ4n) is 1.78. The third-order valence-corrected chi connectivity index (χ3v) is 3.16. The van der Waals surface area contributed by atoms with Crippen LogP contribution in [-0.4, -0.2) is 22.5 Å². The SMILES string of the molecule is CCCCCCCC(=O)N1C=C(Cl)C(=O)CC1=O. The molecule has 0 saturated carbocycles. The molecule has 0 aromatic carbocycles. The Hall–Kier alpha value is -1.16. The van der Waals surface area contributed by atoms with Gasteiger partial charge in [0.1, 0.15) is 5.03 Å². The number of imide groups is 1. The van der Waals surface area contributed by atoms with E-state index in [2.05, 4.69) is 6.92 Å². The minimum Gasteiger partial charge on any atom is -0.293 e. The van der Waals surface area contributed by atoms with Crippen LogP contribution in [0, 0.1) is 0 Å². The van der Waals surface area contributed by atoms with E-state index in [1.807, 2.05) is 0 Å². The number of halogens is 1. The molecule has 0 atom stereocenters. The van der Waals surface area contributed by atoms with Gasteiger partial charge < -0.3 is 0 Å². The van der Waals surface area contributed by atoms with Crippen LogP contribution in [0.2, 0.25) is 0 Å². The fraction of sp³-hybridized carbons (Fsp3) is 0.615. The van der Waals surface area contributed by atoms with Crippen molar-refractivity contribution < 1.29 is 14.4 Å². The van der Waals surface area contributed by atoms with E-state index in [4.69, 9.17) is 11.6 Å². The van der Waals surface area contributed by atoms with Crippen LogP contribution in [0.25, 0.3) is 0 Å². The van der Waals surface area contributed by atoms with E-state index in [1.165, 1.54) is 0 Å². The largest absolute Gasteiger partial charge is 0.293 e. The van der Waals surface area contributed by atoms with E-state index in [0.717, 1.165) is 43.2 Å². The van der Waals surface area contributed by atoms with Gasteiger partial charge in [0.15, 0.2) is 5.78 Å². The summed E-state index contributed by atoms with van der Waals surface area (Å²) in [4.78, 5) is 35.4. The maximum absolute atomic E-state index is 11.8. The van der Waals surface area contributed by atoms with Crippen molar-refractivity contribution in [3.63, 3.8) is 0 Å². The second-order valence-corrected chi connectivity index (χ2v) is 4.81. The molecule has 4 nitrogen and oxygen atoms in total. The second kappa shape index (κ2) is 7.31.